The van der Waals surface area contributed by atoms with Gasteiger partial charge in [0, 0.05) is 20.1 Å². The quantitative estimate of drug-likeness (QED) is 0.835. The molecule has 6 nitrogen and oxygen atoms in total. The van der Waals surface area contributed by atoms with Crippen LogP contribution < -0.4 is 4.90 Å². The van der Waals surface area contributed by atoms with Gasteiger partial charge in [0.2, 0.25) is 0 Å². The van der Waals surface area contributed by atoms with Crippen LogP contribution in [0.15, 0.2) is 0 Å². The summed E-state index contributed by atoms with van der Waals surface area (Å²) in [5.74, 6) is -0.357. The number of aliphatic carboxylic acids is 1. The zero-order valence-corrected chi connectivity index (χ0v) is 10.7. The minimum Gasteiger partial charge on any atom is -0.481 e. The van der Waals surface area contributed by atoms with E-state index in [1.807, 2.05) is 11.8 Å². The molecule has 6 heteroatoms. The molecule has 0 aromatic carbocycles. The molecule has 18 heavy (non-hydrogen) atoms. The van der Waals surface area contributed by atoms with Gasteiger partial charge in [-0.2, -0.15) is 10.4 Å². The van der Waals surface area contributed by atoms with Crippen molar-refractivity contribution >= 4 is 11.8 Å². The van der Waals surface area contributed by atoms with Gasteiger partial charge in [-0.05, 0) is 12.8 Å². The van der Waals surface area contributed by atoms with Gasteiger partial charge in [0.05, 0.1) is 11.6 Å². The van der Waals surface area contributed by atoms with Crippen molar-refractivity contribution in [3.63, 3.8) is 0 Å². The van der Waals surface area contributed by atoms with Crippen LogP contribution in [0.1, 0.15) is 18.2 Å². The van der Waals surface area contributed by atoms with Crippen LogP contribution in [0.5, 0.6) is 0 Å². The maximum absolute atomic E-state index is 11.1. The van der Waals surface area contributed by atoms with E-state index in [1.54, 1.807) is 18.7 Å². The number of carbonyl (C=O) groups is 1. The summed E-state index contributed by atoms with van der Waals surface area (Å²) in [4.78, 5) is 13.1. The second-order valence-electron chi connectivity index (χ2n) is 4.85. The molecule has 1 aliphatic heterocycles. The Morgan fingerprint density at radius 3 is 2.72 bits per heavy atom. The summed E-state index contributed by atoms with van der Waals surface area (Å²) < 4.78 is 1.66. The fourth-order valence-corrected chi connectivity index (χ4v) is 2.60. The largest absolute Gasteiger partial charge is 0.481 e. The number of hydrogen-bond donors (Lipinski definition) is 1. The Kier molecular flexibility index (Phi) is 2.99. The summed E-state index contributed by atoms with van der Waals surface area (Å²) in [5.41, 5.74) is 1.22. The van der Waals surface area contributed by atoms with E-state index in [9.17, 15) is 4.79 Å². The maximum atomic E-state index is 11.1. The predicted molar refractivity (Wildman–Crippen MR) is 65.2 cm³/mol. The van der Waals surface area contributed by atoms with Crippen LogP contribution in [0.2, 0.25) is 0 Å². The van der Waals surface area contributed by atoms with E-state index in [1.165, 1.54) is 0 Å². The highest BCUT2D eigenvalue weighted by Gasteiger charge is 2.37. The minimum atomic E-state index is -0.776. The van der Waals surface area contributed by atoms with Gasteiger partial charge in [0.15, 0.2) is 0 Å². The van der Waals surface area contributed by atoms with Gasteiger partial charge in [0.1, 0.15) is 17.5 Å². The molecule has 0 amide bonds. The highest BCUT2D eigenvalue weighted by atomic mass is 16.4. The molecule has 1 aromatic rings. The number of aryl methyl sites for hydroxylation is 2. The van der Waals surface area contributed by atoms with Crippen molar-refractivity contribution in [1.29, 1.82) is 5.26 Å². The average Bonchev–Trinajstić information content (AvgIpc) is 2.78. The first-order valence-corrected chi connectivity index (χ1v) is 5.87. The fourth-order valence-electron chi connectivity index (χ4n) is 2.60. The highest BCUT2D eigenvalue weighted by molar-refractivity contribution is 5.73. The number of carboxylic acids is 1. The standard InChI is InChI=1S/C12H16N4O2/c1-7-5-16(6-10(7)12(17)18)11-9(4-13)8(2)14-15(11)3/h7,10H,5-6H2,1-3H3,(H,17,18). The second-order valence-corrected chi connectivity index (χ2v) is 4.85. The molecule has 0 saturated carbocycles. The molecular weight excluding hydrogens is 232 g/mol. The molecule has 2 unspecified atom stereocenters. The van der Waals surface area contributed by atoms with Crippen LogP contribution in [-0.2, 0) is 11.8 Å². The molecular formula is C12H16N4O2. The van der Waals surface area contributed by atoms with Gasteiger partial charge in [0.25, 0.3) is 0 Å². The lowest BCUT2D eigenvalue weighted by molar-refractivity contribution is -0.142. The zero-order valence-electron chi connectivity index (χ0n) is 10.7. The summed E-state index contributed by atoms with van der Waals surface area (Å²) in [6.07, 6.45) is 0. The highest BCUT2D eigenvalue weighted by Crippen LogP contribution is 2.31. The molecule has 1 fully saturated rings. The SMILES string of the molecule is Cc1nn(C)c(N2CC(C)C(C(=O)O)C2)c1C#N. The Hall–Kier alpha value is -2.03. The molecule has 2 rings (SSSR count). The van der Waals surface area contributed by atoms with Crippen LogP contribution in [0, 0.1) is 30.1 Å². The number of nitrogens with zero attached hydrogens (tertiary/aromatic N) is 4. The molecule has 1 aliphatic rings. The summed E-state index contributed by atoms with van der Waals surface area (Å²) >= 11 is 0. The Morgan fingerprint density at radius 1 is 1.56 bits per heavy atom. The van der Waals surface area contributed by atoms with Gasteiger partial charge in [-0.3, -0.25) is 9.48 Å². The van der Waals surface area contributed by atoms with Gasteiger partial charge in [-0.25, -0.2) is 0 Å². The van der Waals surface area contributed by atoms with E-state index < -0.39 is 5.97 Å². The third kappa shape index (κ3) is 1.82. The summed E-state index contributed by atoms with van der Waals surface area (Å²) in [7, 11) is 1.78. The van der Waals surface area contributed by atoms with Crippen molar-refractivity contribution in [2.75, 3.05) is 18.0 Å². The lowest BCUT2D eigenvalue weighted by Crippen LogP contribution is -2.25. The molecule has 1 N–H and O–H groups in total. The van der Waals surface area contributed by atoms with E-state index in [-0.39, 0.29) is 11.8 Å². The minimum absolute atomic E-state index is 0.0734. The van der Waals surface area contributed by atoms with Crippen molar-refractivity contribution < 1.29 is 9.90 Å². The van der Waals surface area contributed by atoms with E-state index >= 15 is 0 Å². The maximum Gasteiger partial charge on any atom is 0.308 e. The molecule has 96 valence electrons. The van der Waals surface area contributed by atoms with Crippen LogP contribution >= 0.6 is 0 Å². The number of anilines is 1. The van der Waals surface area contributed by atoms with Crippen molar-refractivity contribution in [1.82, 2.24) is 9.78 Å². The molecule has 0 bridgehead atoms. The van der Waals surface area contributed by atoms with E-state index in [0.29, 0.717) is 24.3 Å². The van der Waals surface area contributed by atoms with Gasteiger partial charge < -0.3 is 10.0 Å². The molecule has 0 aliphatic carbocycles. The Bertz CT molecular complexity index is 529. The van der Waals surface area contributed by atoms with Gasteiger partial charge in [-0.15, -0.1) is 0 Å². The first-order valence-electron chi connectivity index (χ1n) is 5.87. The lowest BCUT2D eigenvalue weighted by atomic mass is 9.99. The van der Waals surface area contributed by atoms with Crippen molar-refractivity contribution in [3.8, 4) is 6.07 Å². The summed E-state index contributed by atoms with van der Waals surface area (Å²) in [6, 6.07) is 2.15. The van der Waals surface area contributed by atoms with Crippen LogP contribution in [0.25, 0.3) is 0 Å². The Labute approximate surface area is 105 Å². The van der Waals surface area contributed by atoms with Crippen molar-refractivity contribution in [2.24, 2.45) is 18.9 Å². The smallest absolute Gasteiger partial charge is 0.308 e. The lowest BCUT2D eigenvalue weighted by Gasteiger charge is -2.18. The number of aromatic nitrogens is 2. The Morgan fingerprint density at radius 2 is 2.22 bits per heavy atom. The number of nitriles is 1. The number of rotatable bonds is 2. The summed E-state index contributed by atoms with van der Waals surface area (Å²) in [6.45, 7) is 4.79. The molecule has 0 radical (unpaired) electrons. The summed E-state index contributed by atoms with van der Waals surface area (Å²) in [5, 5.41) is 22.5. The van der Waals surface area contributed by atoms with Gasteiger partial charge in [-0.1, -0.05) is 6.92 Å². The van der Waals surface area contributed by atoms with Crippen molar-refractivity contribution in [3.05, 3.63) is 11.3 Å². The van der Waals surface area contributed by atoms with Crippen LogP contribution in [-0.4, -0.2) is 33.9 Å². The molecule has 2 heterocycles. The monoisotopic (exact) mass is 248 g/mol. The Balaban J connectivity index is 2.35. The predicted octanol–water partition coefficient (Wildman–Crippen LogP) is 0.757. The van der Waals surface area contributed by atoms with E-state index in [4.69, 9.17) is 10.4 Å². The zero-order chi connectivity index (χ0) is 13.4. The van der Waals surface area contributed by atoms with E-state index in [0.717, 1.165) is 5.82 Å². The van der Waals surface area contributed by atoms with E-state index in [2.05, 4.69) is 11.2 Å². The molecule has 1 saturated heterocycles. The molecule has 0 spiro atoms. The van der Waals surface area contributed by atoms with Crippen LogP contribution in [0.4, 0.5) is 5.82 Å². The first-order chi connectivity index (χ1) is 8.45. The normalized spacial score (nSPS) is 23.1. The third-order valence-electron chi connectivity index (χ3n) is 3.53. The molecule has 1 aromatic heterocycles. The number of hydrogen-bond acceptors (Lipinski definition) is 4. The second kappa shape index (κ2) is 4.33. The molecule has 2 atom stereocenters. The number of carboxylic acid groups (broad SMARTS) is 1. The van der Waals surface area contributed by atoms with Gasteiger partial charge >= 0.3 is 5.97 Å². The topological polar surface area (TPSA) is 82.2 Å². The van der Waals surface area contributed by atoms with Crippen LogP contribution in [0.3, 0.4) is 0 Å². The first kappa shape index (κ1) is 12.4. The van der Waals surface area contributed by atoms with Crippen molar-refractivity contribution in [2.45, 2.75) is 13.8 Å². The average molecular weight is 248 g/mol. The fraction of sp³-hybridized carbons (Fsp3) is 0.583. The third-order valence-corrected chi connectivity index (χ3v) is 3.53.